The number of hydrogen-bond acceptors (Lipinski definition) is 2. The molecular weight excluding hydrogens is 248 g/mol. The van der Waals surface area contributed by atoms with Crippen LogP contribution < -0.4 is 5.73 Å². The number of carbonyl (C=O) groups is 1. The molecule has 1 amide bonds. The van der Waals surface area contributed by atoms with E-state index in [1.165, 1.54) is 38.5 Å². The Balaban J connectivity index is 1.70. The predicted octanol–water partition coefficient (Wildman–Crippen LogP) is 2.79. The summed E-state index contributed by atoms with van der Waals surface area (Å²) >= 11 is 0. The third-order valence-corrected chi connectivity index (χ3v) is 6.47. The summed E-state index contributed by atoms with van der Waals surface area (Å²) in [6.07, 6.45) is 9.01. The first-order valence-corrected chi connectivity index (χ1v) is 8.30. The van der Waals surface area contributed by atoms with Gasteiger partial charge in [0.2, 0.25) is 5.91 Å². The Kier molecular flexibility index (Phi) is 3.39. The van der Waals surface area contributed by atoms with Crippen LogP contribution >= 0.6 is 0 Å². The zero-order valence-electron chi connectivity index (χ0n) is 13.3. The number of rotatable bonds is 4. The molecule has 20 heavy (non-hydrogen) atoms. The first-order valence-electron chi connectivity index (χ1n) is 8.30. The molecule has 0 aromatic carbocycles. The Morgan fingerprint density at radius 3 is 2.00 bits per heavy atom. The normalized spacial score (nSPS) is 39.1. The molecule has 2 N–H and O–H groups in total. The van der Waals surface area contributed by atoms with E-state index < -0.39 is 0 Å². The summed E-state index contributed by atoms with van der Waals surface area (Å²) in [6, 6.07) is 0. The van der Waals surface area contributed by atoms with E-state index in [2.05, 4.69) is 13.8 Å². The van der Waals surface area contributed by atoms with Crippen LogP contribution in [0.15, 0.2) is 0 Å². The molecule has 3 heteroatoms. The fourth-order valence-corrected chi connectivity index (χ4v) is 5.42. The van der Waals surface area contributed by atoms with Crippen molar-refractivity contribution in [2.75, 3.05) is 13.6 Å². The first kappa shape index (κ1) is 14.4. The molecule has 3 nitrogen and oxygen atoms in total. The summed E-state index contributed by atoms with van der Waals surface area (Å²) in [5, 5.41) is 0. The van der Waals surface area contributed by atoms with Gasteiger partial charge in [0.15, 0.2) is 0 Å². The van der Waals surface area contributed by atoms with Crippen LogP contribution in [0.5, 0.6) is 0 Å². The van der Waals surface area contributed by atoms with Crippen LogP contribution in [0, 0.1) is 23.2 Å². The zero-order valence-corrected chi connectivity index (χ0v) is 13.3. The van der Waals surface area contributed by atoms with Crippen molar-refractivity contribution in [3.8, 4) is 0 Å². The quantitative estimate of drug-likeness (QED) is 0.859. The van der Waals surface area contributed by atoms with E-state index in [-0.39, 0.29) is 5.54 Å². The fourth-order valence-electron chi connectivity index (χ4n) is 5.42. The van der Waals surface area contributed by atoms with Gasteiger partial charge in [-0.2, -0.15) is 0 Å². The molecule has 0 aliphatic heterocycles. The minimum absolute atomic E-state index is 0.223. The largest absolute Gasteiger partial charge is 0.339 e. The Hall–Kier alpha value is -0.570. The number of nitrogens with two attached hydrogens (primary N) is 1. The maximum absolute atomic E-state index is 12.7. The Morgan fingerprint density at radius 1 is 1.15 bits per heavy atom. The van der Waals surface area contributed by atoms with Crippen LogP contribution in [-0.4, -0.2) is 29.9 Å². The van der Waals surface area contributed by atoms with Crippen LogP contribution in [0.3, 0.4) is 0 Å². The van der Waals surface area contributed by atoms with Gasteiger partial charge in [0.05, 0.1) is 0 Å². The van der Waals surface area contributed by atoms with Crippen LogP contribution in [0.25, 0.3) is 0 Å². The van der Waals surface area contributed by atoms with Crippen molar-refractivity contribution < 1.29 is 4.79 Å². The molecule has 4 aliphatic carbocycles. The molecule has 114 valence electrons. The van der Waals surface area contributed by atoms with Gasteiger partial charge in [-0.1, -0.05) is 0 Å². The molecule has 0 heterocycles. The molecule has 4 aliphatic rings. The van der Waals surface area contributed by atoms with Crippen LogP contribution in [-0.2, 0) is 4.79 Å². The van der Waals surface area contributed by atoms with Gasteiger partial charge in [0.1, 0.15) is 0 Å². The van der Waals surface area contributed by atoms with E-state index in [9.17, 15) is 4.79 Å². The van der Waals surface area contributed by atoms with Gasteiger partial charge in [0, 0.05) is 25.6 Å². The lowest BCUT2D eigenvalue weighted by Gasteiger charge is -2.57. The average Bonchev–Trinajstić information content (AvgIpc) is 2.35. The minimum Gasteiger partial charge on any atom is -0.339 e. The van der Waals surface area contributed by atoms with Gasteiger partial charge in [-0.15, -0.1) is 0 Å². The maximum atomic E-state index is 12.7. The molecule has 4 rings (SSSR count). The lowest BCUT2D eigenvalue weighted by Crippen LogP contribution is -2.53. The summed E-state index contributed by atoms with van der Waals surface area (Å²) in [5.41, 5.74) is 5.93. The second kappa shape index (κ2) is 4.72. The van der Waals surface area contributed by atoms with Gasteiger partial charge < -0.3 is 10.6 Å². The molecule has 4 fully saturated rings. The standard InChI is InChI=1S/C17H30N2O/c1-16(2,11-18)19(3)15(20)10-17-7-12-4-13(8-17)6-14(5-12)9-17/h12-14H,4-11,18H2,1-3H3. The second-order valence-electron chi connectivity index (χ2n) is 8.56. The highest BCUT2D eigenvalue weighted by atomic mass is 16.2. The van der Waals surface area contributed by atoms with E-state index in [1.807, 2.05) is 11.9 Å². The maximum Gasteiger partial charge on any atom is 0.223 e. The summed E-state index contributed by atoms with van der Waals surface area (Å²) in [5.74, 6) is 3.06. The molecule has 4 saturated carbocycles. The Labute approximate surface area is 123 Å². The molecule has 0 radical (unpaired) electrons. The van der Waals surface area contributed by atoms with Gasteiger partial charge in [-0.05, 0) is 75.5 Å². The first-order chi connectivity index (χ1) is 9.33. The van der Waals surface area contributed by atoms with Gasteiger partial charge in [0.25, 0.3) is 0 Å². The molecule has 0 aromatic heterocycles. The topological polar surface area (TPSA) is 46.3 Å². The number of likely N-dealkylation sites (N-methyl/N-ethyl adjacent to an activating group) is 1. The Morgan fingerprint density at radius 2 is 1.60 bits per heavy atom. The summed E-state index contributed by atoms with van der Waals surface area (Å²) in [6.45, 7) is 4.64. The smallest absolute Gasteiger partial charge is 0.223 e. The highest BCUT2D eigenvalue weighted by Gasteiger charge is 2.51. The van der Waals surface area contributed by atoms with Crippen molar-refractivity contribution in [2.45, 2.75) is 64.3 Å². The third kappa shape index (κ3) is 2.38. The SMILES string of the molecule is CN(C(=O)CC12CC3CC(CC(C3)C1)C2)C(C)(C)CN. The van der Waals surface area contributed by atoms with E-state index in [4.69, 9.17) is 5.73 Å². The fraction of sp³-hybridized carbons (Fsp3) is 0.941. The van der Waals surface area contributed by atoms with Gasteiger partial charge in [-0.3, -0.25) is 4.79 Å². The molecule has 0 spiro atoms. The van der Waals surface area contributed by atoms with Gasteiger partial charge >= 0.3 is 0 Å². The predicted molar refractivity (Wildman–Crippen MR) is 81.1 cm³/mol. The van der Waals surface area contributed by atoms with Crippen molar-refractivity contribution >= 4 is 5.91 Å². The summed E-state index contributed by atoms with van der Waals surface area (Å²) in [4.78, 5) is 14.6. The van der Waals surface area contributed by atoms with E-state index in [0.717, 1.165) is 24.2 Å². The number of amides is 1. The van der Waals surface area contributed by atoms with Crippen molar-refractivity contribution in [1.29, 1.82) is 0 Å². The minimum atomic E-state index is -0.223. The Bertz CT molecular complexity index is 367. The number of nitrogens with zero attached hydrogens (tertiary/aromatic N) is 1. The van der Waals surface area contributed by atoms with Crippen LogP contribution in [0.4, 0.5) is 0 Å². The lowest BCUT2D eigenvalue weighted by atomic mass is 9.49. The number of carbonyl (C=O) groups excluding carboxylic acids is 1. The summed E-state index contributed by atoms with van der Waals surface area (Å²) in [7, 11) is 1.93. The second-order valence-corrected chi connectivity index (χ2v) is 8.56. The average molecular weight is 278 g/mol. The van der Waals surface area contributed by atoms with E-state index in [0.29, 0.717) is 17.9 Å². The molecule has 0 saturated heterocycles. The molecule has 0 unspecified atom stereocenters. The van der Waals surface area contributed by atoms with Crippen molar-refractivity contribution in [1.82, 2.24) is 4.90 Å². The molecule has 0 atom stereocenters. The molecule has 0 aromatic rings. The number of hydrogen-bond donors (Lipinski definition) is 1. The van der Waals surface area contributed by atoms with E-state index >= 15 is 0 Å². The lowest BCUT2D eigenvalue weighted by molar-refractivity contribution is -0.142. The van der Waals surface area contributed by atoms with E-state index in [1.54, 1.807) is 0 Å². The zero-order chi connectivity index (χ0) is 14.5. The van der Waals surface area contributed by atoms with Gasteiger partial charge in [-0.25, -0.2) is 0 Å². The highest BCUT2D eigenvalue weighted by Crippen LogP contribution is 2.61. The van der Waals surface area contributed by atoms with Crippen LogP contribution in [0.2, 0.25) is 0 Å². The molecular formula is C17H30N2O. The highest BCUT2D eigenvalue weighted by molar-refractivity contribution is 5.77. The van der Waals surface area contributed by atoms with Crippen molar-refractivity contribution in [3.63, 3.8) is 0 Å². The monoisotopic (exact) mass is 278 g/mol. The van der Waals surface area contributed by atoms with Crippen molar-refractivity contribution in [3.05, 3.63) is 0 Å². The molecule has 4 bridgehead atoms. The third-order valence-electron chi connectivity index (χ3n) is 6.47. The summed E-state index contributed by atoms with van der Waals surface area (Å²) < 4.78 is 0. The van der Waals surface area contributed by atoms with Crippen LogP contribution in [0.1, 0.15) is 58.8 Å². The van der Waals surface area contributed by atoms with Crippen molar-refractivity contribution in [2.24, 2.45) is 28.9 Å².